The minimum atomic E-state index is -0.858. The van der Waals surface area contributed by atoms with E-state index in [2.05, 4.69) is 20.6 Å². The van der Waals surface area contributed by atoms with E-state index in [4.69, 9.17) is 20.9 Å². The summed E-state index contributed by atoms with van der Waals surface area (Å²) in [6.45, 7) is 0.720. The highest BCUT2D eigenvalue weighted by molar-refractivity contribution is 5.98. The minimum Gasteiger partial charge on any atom is -0.481 e. The molecule has 1 fully saturated rings. The molecule has 6 N–H and O–H groups in total. The Morgan fingerprint density at radius 1 is 1.19 bits per heavy atom. The number of primary amides is 1. The lowest BCUT2D eigenvalue weighted by Crippen LogP contribution is -2.55. The standard InChI is InChI=1S/C25H28FN7O4/c1-36-21-11-16(7-9-29-21)30-23-17(22(28)34)12-18(26)24(32-23)31-20-13-33(10-8-19(20)27)25(35)37-14-15-5-3-2-4-6-15/h2-7,9,11-12,19-20H,8,10,13-14,27H2,1H3,(H2,28,34)(H2,29,30,31,32)/t19-,20?/m0/s1. The molecule has 0 saturated carbocycles. The van der Waals surface area contributed by atoms with Gasteiger partial charge in [-0.1, -0.05) is 30.3 Å². The van der Waals surface area contributed by atoms with Crippen LogP contribution in [0.5, 0.6) is 5.88 Å². The van der Waals surface area contributed by atoms with Gasteiger partial charge in [-0.25, -0.2) is 19.2 Å². The Labute approximate surface area is 213 Å². The van der Waals surface area contributed by atoms with Gasteiger partial charge in [0.05, 0.1) is 18.7 Å². The molecule has 1 saturated heterocycles. The van der Waals surface area contributed by atoms with Gasteiger partial charge in [-0.15, -0.1) is 0 Å². The van der Waals surface area contributed by atoms with Crippen molar-refractivity contribution in [2.75, 3.05) is 30.8 Å². The molecule has 0 aliphatic carbocycles. The van der Waals surface area contributed by atoms with Crippen molar-refractivity contribution in [3.8, 4) is 5.88 Å². The number of halogens is 1. The van der Waals surface area contributed by atoms with Crippen molar-refractivity contribution in [3.63, 3.8) is 0 Å². The Morgan fingerprint density at radius 3 is 2.70 bits per heavy atom. The number of anilines is 3. The molecule has 0 bridgehead atoms. The second-order valence-corrected chi connectivity index (χ2v) is 8.48. The van der Waals surface area contributed by atoms with Crippen molar-refractivity contribution in [2.24, 2.45) is 11.5 Å². The first kappa shape index (κ1) is 25.6. The van der Waals surface area contributed by atoms with Gasteiger partial charge in [-0.05, 0) is 24.1 Å². The third-order valence-corrected chi connectivity index (χ3v) is 5.90. The third kappa shape index (κ3) is 6.41. The number of nitrogens with one attached hydrogen (secondary N) is 2. The average Bonchev–Trinajstić information content (AvgIpc) is 2.90. The van der Waals surface area contributed by atoms with Crippen molar-refractivity contribution < 1.29 is 23.5 Å². The number of hydrogen-bond donors (Lipinski definition) is 4. The molecular weight excluding hydrogens is 481 g/mol. The van der Waals surface area contributed by atoms with Gasteiger partial charge in [0.25, 0.3) is 5.91 Å². The summed E-state index contributed by atoms with van der Waals surface area (Å²) in [5.74, 6) is -1.43. The monoisotopic (exact) mass is 509 g/mol. The van der Waals surface area contributed by atoms with Crippen molar-refractivity contribution in [1.82, 2.24) is 14.9 Å². The number of ether oxygens (including phenoxy) is 2. The molecule has 11 nitrogen and oxygen atoms in total. The number of methoxy groups -OCH3 is 1. The first-order chi connectivity index (χ1) is 17.8. The Hall–Kier alpha value is -4.45. The minimum absolute atomic E-state index is 0.0353. The normalized spacial score (nSPS) is 17.1. The van der Waals surface area contributed by atoms with E-state index >= 15 is 0 Å². The molecule has 0 spiro atoms. The molecule has 2 amide bonds. The van der Waals surface area contributed by atoms with Gasteiger partial charge in [0.1, 0.15) is 12.4 Å². The van der Waals surface area contributed by atoms with Crippen LogP contribution in [-0.4, -0.2) is 59.2 Å². The molecule has 37 heavy (non-hydrogen) atoms. The Balaban J connectivity index is 1.49. The number of nitrogens with two attached hydrogens (primary N) is 2. The smallest absolute Gasteiger partial charge is 0.410 e. The fraction of sp³-hybridized carbons (Fsp3) is 0.280. The highest BCUT2D eigenvalue weighted by Gasteiger charge is 2.31. The van der Waals surface area contributed by atoms with Crippen LogP contribution in [0.3, 0.4) is 0 Å². The van der Waals surface area contributed by atoms with Crippen LogP contribution in [-0.2, 0) is 11.3 Å². The van der Waals surface area contributed by atoms with Gasteiger partial charge in [-0.3, -0.25) is 4.79 Å². The first-order valence-electron chi connectivity index (χ1n) is 11.6. The number of nitrogens with zero attached hydrogens (tertiary/aromatic N) is 3. The summed E-state index contributed by atoms with van der Waals surface area (Å²) in [7, 11) is 1.47. The van der Waals surface area contributed by atoms with Gasteiger partial charge >= 0.3 is 6.09 Å². The number of pyridine rings is 2. The summed E-state index contributed by atoms with van der Waals surface area (Å²) in [4.78, 5) is 34.4. The van der Waals surface area contributed by atoms with Crippen molar-refractivity contribution in [1.29, 1.82) is 0 Å². The van der Waals surface area contributed by atoms with E-state index in [0.29, 0.717) is 24.5 Å². The maximum Gasteiger partial charge on any atom is 0.410 e. The molecule has 2 aromatic heterocycles. The van der Waals surface area contributed by atoms with Crippen molar-refractivity contribution in [2.45, 2.75) is 25.1 Å². The zero-order valence-electron chi connectivity index (χ0n) is 20.2. The number of carbonyl (C=O) groups is 2. The van der Waals surface area contributed by atoms with Crippen LogP contribution in [0.4, 0.5) is 26.5 Å². The molecular formula is C25H28FN7O4. The number of benzene rings is 1. The lowest BCUT2D eigenvalue weighted by molar-refractivity contribution is 0.0849. The summed E-state index contributed by atoms with van der Waals surface area (Å²) >= 11 is 0. The van der Waals surface area contributed by atoms with Crippen LogP contribution >= 0.6 is 0 Å². The number of rotatable bonds is 8. The number of aromatic nitrogens is 2. The van der Waals surface area contributed by atoms with Gasteiger partial charge in [-0.2, -0.15) is 0 Å². The van der Waals surface area contributed by atoms with Crippen molar-refractivity contribution in [3.05, 3.63) is 71.7 Å². The van der Waals surface area contributed by atoms with Crippen LogP contribution in [0.15, 0.2) is 54.7 Å². The van der Waals surface area contributed by atoms with Crippen LogP contribution in [0.1, 0.15) is 22.3 Å². The molecule has 1 aromatic carbocycles. The van der Waals surface area contributed by atoms with E-state index in [1.807, 2.05) is 30.3 Å². The summed E-state index contributed by atoms with van der Waals surface area (Å²) in [5.41, 5.74) is 13.0. The predicted octanol–water partition coefficient (Wildman–Crippen LogP) is 2.62. The second kappa shape index (κ2) is 11.5. The van der Waals surface area contributed by atoms with E-state index in [1.165, 1.54) is 18.2 Å². The molecule has 1 unspecified atom stereocenters. The van der Waals surface area contributed by atoms with Gasteiger partial charge < -0.3 is 36.5 Å². The number of amides is 2. The molecule has 3 heterocycles. The van der Waals surface area contributed by atoms with Crippen molar-refractivity contribution >= 4 is 29.3 Å². The number of carbonyl (C=O) groups excluding carboxylic acids is 2. The second-order valence-electron chi connectivity index (χ2n) is 8.48. The largest absolute Gasteiger partial charge is 0.481 e. The summed E-state index contributed by atoms with van der Waals surface area (Å²) in [5, 5.41) is 5.93. The first-order valence-corrected chi connectivity index (χ1v) is 11.6. The maximum atomic E-state index is 15.0. The summed E-state index contributed by atoms with van der Waals surface area (Å²) < 4.78 is 25.5. The van der Waals surface area contributed by atoms with Gasteiger partial charge in [0, 0.05) is 37.1 Å². The van der Waals surface area contributed by atoms with Crippen LogP contribution < -0.4 is 26.8 Å². The number of likely N-dealkylation sites (tertiary alicyclic amines) is 1. The molecule has 194 valence electrons. The fourth-order valence-corrected chi connectivity index (χ4v) is 3.88. The highest BCUT2D eigenvalue weighted by Crippen LogP contribution is 2.26. The third-order valence-electron chi connectivity index (χ3n) is 5.90. The molecule has 1 aliphatic rings. The summed E-state index contributed by atoms with van der Waals surface area (Å²) in [6, 6.07) is 12.6. The zero-order valence-corrected chi connectivity index (χ0v) is 20.2. The SMILES string of the molecule is COc1cc(Nc2nc(NC3CN(C(=O)OCc4ccccc4)CC[C@@H]3N)c(F)cc2C(N)=O)ccn1. The topological polar surface area (TPSA) is 158 Å². The molecule has 12 heteroatoms. The lowest BCUT2D eigenvalue weighted by Gasteiger charge is -2.37. The molecule has 2 atom stereocenters. The molecule has 1 aliphatic heterocycles. The van der Waals surface area contributed by atoms with Gasteiger partial charge in [0.15, 0.2) is 11.6 Å². The molecule has 3 aromatic rings. The number of piperidine rings is 1. The number of hydrogen-bond acceptors (Lipinski definition) is 9. The predicted molar refractivity (Wildman–Crippen MR) is 135 cm³/mol. The zero-order chi connectivity index (χ0) is 26.4. The molecule has 4 rings (SSSR count). The van der Waals surface area contributed by atoms with E-state index < -0.39 is 23.9 Å². The highest BCUT2D eigenvalue weighted by atomic mass is 19.1. The maximum absolute atomic E-state index is 15.0. The quantitative estimate of drug-likeness (QED) is 0.358. The Kier molecular flexibility index (Phi) is 7.98. The van der Waals surface area contributed by atoms with Crippen LogP contribution in [0.25, 0.3) is 0 Å². The van der Waals surface area contributed by atoms with E-state index in [0.717, 1.165) is 11.6 Å². The van der Waals surface area contributed by atoms with E-state index in [1.54, 1.807) is 12.1 Å². The van der Waals surface area contributed by atoms with Gasteiger partial charge in [0.2, 0.25) is 5.88 Å². The Morgan fingerprint density at radius 2 is 1.97 bits per heavy atom. The van der Waals surface area contributed by atoms with E-state index in [9.17, 15) is 14.0 Å². The fourth-order valence-electron chi connectivity index (χ4n) is 3.88. The molecule has 0 radical (unpaired) electrons. The Bertz CT molecular complexity index is 1260. The van der Waals surface area contributed by atoms with Crippen LogP contribution in [0, 0.1) is 5.82 Å². The lowest BCUT2D eigenvalue weighted by atomic mass is 10.0. The average molecular weight is 510 g/mol. The summed E-state index contributed by atoms with van der Waals surface area (Å²) in [6.07, 6.45) is 1.48. The van der Waals surface area contributed by atoms with E-state index in [-0.39, 0.29) is 36.4 Å². The van der Waals surface area contributed by atoms with Crippen LogP contribution in [0.2, 0.25) is 0 Å².